The zero-order valence-electron chi connectivity index (χ0n) is 11.6. The van der Waals surface area contributed by atoms with Crippen molar-refractivity contribution in [2.45, 2.75) is 31.7 Å². The molecule has 0 aliphatic rings. The van der Waals surface area contributed by atoms with Gasteiger partial charge in [-0.1, -0.05) is 25.4 Å². The van der Waals surface area contributed by atoms with Gasteiger partial charge in [0.2, 0.25) is 10.0 Å². The molecule has 0 atom stereocenters. The Morgan fingerprint density at radius 1 is 1.32 bits per heavy atom. The second-order valence-electron chi connectivity index (χ2n) is 4.28. The van der Waals surface area contributed by atoms with Crippen LogP contribution in [0.1, 0.15) is 25.8 Å². The van der Waals surface area contributed by atoms with E-state index in [0.717, 1.165) is 12.0 Å². The van der Waals surface area contributed by atoms with Crippen LogP contribution in [0, 0.1) is 0 Å². The monoisotopic (exact) mass is 304 g/mol. The quantitative estimate of drug-likeness (QED) is 0.842. The smallest absolute Gasteiger partial charge is 0.243 e. The van der Waals surface area contributed by atoms with Crippen molar-refractivity contribution in [2.24, 2.45) is 0 Å². The summed E-state index contributed by atoms with van der Waals surface area (Å²) in [6.45, 7) is 5.36. The van der Waals surface area contributed by atoms with Gasteiger partial charge in [-0.3, -0.25) is 0 Å². The summed E-state index contributed by atoms with van der Waals surface area (Å²) in [6.07, 6.45) is 0.796. The Kier molecular flexibility index (Phi) is 6.26. The summed E-state index contributed by atoms with van der Waals surface area (Å²) >= 11 is 6.05. The molecule has 0 saturated carbocycles. The van der Waals surface area contributed by atoms with Crippen LogP contribution in [0.3, 0.4) is 0 Å². The summed E-state index contributed by atoms with van der Waals surface area (Å²) in [5, 5.41) is 3.55. The molecule has 0 amide bonds. The van der Waals surface area contributed by atoms with Crippen LogP contribution in [-0.4, -0.2) is 32.9 Å². The van der Waals surface area contributed by atoms with Crippen LogP contribution in [0.25, 0.3) is 0 Å². The third kappa shape index (κ3) is 3.92. The van der Waals surface area contributed by atoms with Crippen LogP contribution in [0.2, 0.25) is 5.02 Å². The first-order valence-corrected chi connectivity index (χ1v) is 8.22. The summed E-state index contributed by atoms with van der Waals surface area (Å²) in [6, 6.07) is 4.85. The first-order chi connectivity index (χ1) is 8.97. The minimum atomic E-state index is -3.42. The molecule has 0 spiro atoms. The van der Waals surface area contributed by atoms with E-state index in [4.69, 9.17) is 11.6 Å². The van der Waals surface area contributed by atoms with Crippen LogP contribution < -0.4 is 5.32 Å². The lowest BCUT2D eigenvalue weighted by Crippen LogP contribution is -2.31. The second-order valence-corrected chi connectivity index (χ2v) is 6.63. The molecule has 0 radical (unpaired) electrons. The summed E-state index contributed by atoms with van der Waals surface area (Å²) in [4.78, 5) is 0.303. The van der Waals surface area contributed by atoms with Crippen LogP contribution in [-0.2, 0) is 16.6 Å². The lowest BCUT2D eigenvalue weighted by molar-refractivity contribution is 0.427. The first kappa shape index (κ1) is 16.4. The number of nitrogens with one attached hydrogen (secondary N) is 1. The fourth-order valence-corrected chi connectivity index (χ4v) is 3.66. The van der Waals surface area contributed by atoms with E-state index in [0.29, 0.717) is 29.6 Å². The molecule has 1 rings (SSSR count). The summed E-state index contributed by atoms with van der Waals surface area (Å²) in [5.74, 6) is 0. The van der Waals surface area contributed by atoms with Crippen molar-refractivity contribution in [2.75, 3.05) is 20.1 Å². The third-order valence-corrected chi connectivity index (χ3v) is 5.19. The van der Waals surface area contributed by atoms with Gasteiger partial charge in [-0.15, -0.1) is 0 Å². The molecular formula is C13H21ClN2O2S. The van der Waals surface area contributed by atoms with E-state index in [1.165, 1.54) is 4.31 Å². The average molecular weight is 305 g/mol. The second kappa shape index (κ2) is 7.24. The molecule has 0 heterocycles. The van der Waals surface area contributed by atoms with Gasteiger partial charge in [0.1, 0.15) is 0 Å². The van der Waals surface area contributed by atoms with E-state index in [1.807, 2.05) is 13.8 Å². The molecule has 0 unspecified atom stereocenters. The van der Waals surface area contributed by atoms with Gasteiger partial charge >= 0.3 is 0 Å². The Morgan fingerprint density at radius 3 is 2.53 bits per heavy atom. The normalized spacial score (nSPS) is 12.1. The van der Waals surface area contributed by atoms with Crippen LogP contribution in [0.5, 0.6) is 0 Å². The van der Waals surface area contributed by atoms with Gasteiger partial charge in [-0.05, 0) is 37.2 Å². The fraction of sp³-hybridized carbons (Fsp3) is 0.538. The van der Waals surface area contributed by atoms with E-state index in [-0.39, 0.29) is 0 Å². The van der Waals surface area contributed by atoms with Gasteiger partial charge in [0, 0.05) is 24.7 Å². The zero-order chi connectivity index (χ0) is 14.5. The zero-order valence-corrected chi connectivity index (χ0v) is 13.2. The molecular weight excluding hydrogens is 284 g/mol. The van der Waals surface area contributed by atoms with Crippen molar-refractivity contribution in [3.8, 4) is 0 Å². The van der Waals surface area contributed by atoms with Crippen LogP contribution in [0.15, 0.2) is 23.1 Å². The lowest BCUT2D eigenvalue weighted by atomic mass is 10.2. The van der Waals surface area contributed by atoms with E-state index in [1.54, 1.807) is 25.2 Å². The van der Waals surface area contributed by atoms with Crippen molar-refractivity contribution in [1.82, 2.24) is 9.62 Å². The molecule has 0 bridgehead atoms. The Hall–Kier alpha value is -0.620. The third-order valence-electron chi connectivity index (χ3n) is 2.85. The minimum absolute atomic E-state index is 0.303. The van der Waals surface area contributed by atoms with Gasteiger partial charge in [0.25, 0.3) is 0 Å². The standard InChI is InChI=1S/C13H21ClN2O2S/c1-4-8-16(5-2)19(17,18)12-6-7-13(14)11(9-12)10-15-3/h6-7,9,15H,4-5,8,10H2,1-3H3. The summed E-state index contributed by atoms with van der Waals surface area (Å²) in [5.41, 5.74) is 0.790. The first-order valence-electron chi connectivity index (χ1n) is 6.40. The Labute approximate surface area is 120 Å². The Morgan fingerprint density at radius 2 is 2.00 bits per heavy atom. The highest BCUT2D eigenvalue weighted by Crippen LogP contribution is 2.23. The van der Waals surface area contributed by atoms with E-state index in [2.05, 4.69) is 5.32 Å². The van der Waals surface area contributed by atoms with E-state index >= 15 is 0 Å². The van der Waals surface area contributed by atoms with E-state index < -0.39 is 10.0 Å². The summed E-state index contributed by atoms with van der Waals surface area (Å²) in [7, 11) is -1.63. The molecule has 0 aromatic heterocycles. The molecule has 6 heteroatoms. The molecule has 4 nitrogen and oxygen atoms in total. The van der Waals surface area contributed by atoms with Crippen molar-refractivity contribution in [1.29, 1.82) is 0 Å². The largest absolute Gasteiger partial charge is 0.316 e. The molecule has 1 aromatic rings. The maximum Gasteiger partial charge on any atom is 0.243 e. The highest BCUT2D eigenvalue weighted by Gasteiger charge is 2.22. The molecule has 0 saturated heterocycles. The maximum atomic E-state index is 12.5. The molecule has 0 fully saturated rings. The Bertz CT molecular complexity index is 517. The predicted octanol–water partition coefficient (Wildman–Crippen LogP) is 2.48. The van der Waals surface area contributed by atoms with Crippen molar-refractivity contribution in [3.05, 3.63) is 28.8 Å². The summed E-state index contributed by atoms with van der Waals surface area (Å²) < 4.78 is 26.5. The number of rotatable bonds is 7. The lowest BCUT2D eigenvalue weighted by Gasteiger charge is -2.20. The minimum Gasteiger partial charge on any atom is -0.316 e. The molecule has 0 aliphatic carbocycles. The predicted molar refractivity (Wildman–Crippen MR) is 78.9 cm³/mol. The number of benzene rings is 1. The highest BCUT2D eigenvalue weighted by molar-refractivity contribution is 7.89. The molecule has 1 N–H and O–H groups in total. The van der Waals surface area contributed by atoms with Gasteiger partial charge in [-0.25, -0.2) is 8.42 Å². The van der Waals surface area contributed by atoms with Gasteiger partial charge < -0.3 is 5.32 Å². The number of hydrogen-bond donors (Lipinski definition) is 1. The molecule has 108 valence electrons. The van der Waals surface area contributed by atoms with Crippen LogP contribution in [0.4, 0.5) is 0 Å². The number of hydrogen-bond acceptors (Lipinski definition) is 3. The SMILES string of the molecule is CCCN(CC)S(=O)(=O)c1ccc(Cl)c(CNC)c1. The Balaban J connectivity index is 3.17. The van der Waals surface area contributed by atoms with Gasteiger partial charge in [0.05, 0.1) is 4.90 Å². The van der Waals surface area contributed by atoms with Crippen molar-refractivity contribution >= 4 is 21.6 Å². The number of nitrogens with zero attached hydrogens (tertiary/aromatic N) is 1. The molecule has 19 heavy (non-hydrogen) atoms. The fourth-order valence-electron chi connectivity index (χ4n) is 1.88. The number of sulfonamides is 1. The van der Waals surface area contributed by atoms with Gasteiger partial charge in [0.15, 0.2) is 0 Å². The van der Waals surface area contributed by atoms with Crippen LogP contribution >= 0.6 is 11.6 Å². The van der Waals surface area contributed by atoms with Crippen molar-refractivity contribution in [3.63, 3.8) is 0 Å². The van der Waals surface area contributed by atoms with Crippen molar-refractivity contribution < 1.29 is 8.42 Å². The molecule has 0 aliphatic heterocycles. The highest BCUT2D eigenvalue weighted by atomic mass is 35.5. The van der Waals surface area contributed by atoms with E-state index in [9.17, 15) is 8.42 Å². The average Bonchev–Trinajstić information content (AvgIpc) is 2.38. The number of halogens is 1. The topological polar surface area (TPSA) is 49.4 Å². The maximum absolute atomic E-state index is 12.5. The molecule has 1 aromatic carbocycles. The van der Waals surface area contributed by atoms with Gasteiger partial charge in [-0.2, -0.15) is 4.31 Å².